The minimum Gasteiger partial charge on any atom is -0.379 e. The van der Waals surface area contributed by atoms with Crippen LogP contribution < -0.4 is 5.56 Å². The molecule has 0 saturated carbocycles. The summed E-state index contributed by atoms with van der Waals surface area (Å²) in [7, 11) is 3.64. The van der Waals surface area contributed by atoms with Gasteiger partial charge in [-0.2, -0.15) is 0 Å². The molecule has 5 nitrogen and oxygen atoms in total. The minimum atomic E-state index is -0.0993. The molecule has 0 atom stereocenters. The molecule has 0 radical (unpaired) electrons. The van der Waals surface area contributed by atoms with Gasteiger partial charge in [0.25, 0.3) is 5.56 Å². The molecule has 1 aliphatic heterocycles. The van der Waals surface area contributed by atoms with Crippen molar-refractivity contribution in [3.05, 3.63) is 81.8 Å². The second kappa shape index (κ2) is 12.5. The smallest absolute Gasteiger partial charge is 0.257 e. The van der Waals surface area contributed by atoms with E-state index in [0.717, 1.165) is 64.9 Å². The summed E-state index contributed by atoms with van der Waals surface area (Å²) >= 11 is 0. The number of morpholine rings is 1. The summed E-state index contributed by atoms with van der Waals surface area (Å²) < 4.78 is 5.24. The van der Waals surface area contributed by atoms with Gasteiger partial charge in [0, 0.05) is 35.8 Å². The van der Waals surface area contributed by atoms with Crippen molar-refractivity contribution in [2.45, 2.75) is 40.5 Å². The maximum Gasteiger partial charge on any atom is 0.257 e. The van der Waals surface area contributed by atoms with Crippen LogP contribution in [-0.4, -0.2) is 53.0 Å². The van der Waals surface area contributed by atoms with Gasteiger partial charge in [0.05, 0.1) is 24.5 Å². The van der Waals surface area contributed by atoms with E-state index in [9.17, 15) is 4.79 Å². The number of aryl methyl sites for hydroxylation is 2. The predicted molar refractivity (Wildman–Crippen MR) is 160 cm³/mol. The van der Waals surface area contributed by atoms with Gasteiger partial charge in [-0.05, 0) is 74.4 Å². The normalized spacial score (nSPS) is 13.8. The van der Waals surface area contributed by atoms with E-state index in [1.165, 1.54) is 30.5 Å². The molecule has 2 aromatic heterocycles. The van der Waals surface area contributed by atoms with Crippen molar-refractivity contribution in [2.75, 3.05) is 32.8 Å². The van der Waals surface area contributed by atoms with Gasteiger partial charge in [0.2, 0.25) is 0 Å². The topological polar surface area (TPSA) is 61.1 Å². The molecule has 2 N–H and O–H groups in total. The molecular formula is C31H38N3O2P. The molecule has 2 aromatic carbocycles. The number of H-pyrrole nitrogens is 2. The van der Waals surface area contributed by atoms with Gasteiger partial charge in [0.1, 0.15) is 0 Å². The van der Waals surface area contributed by atoms with Crippen LogP contribution in [0.1, 0.15) is 43.4 Å². The monoisotopic (exact) mass is 515 g/mol. The number of hydrogen-bond donors (Lipinski definition) is 2. The van der Waals surface area contributed by atoms with Crippen molar-refractivity contribution in [1.29, 1.82) is 0 Å². The average Bonchev–Trinajstić information content (AvgIpc) is 3.26. The van der Waals surface area contributed by atoms with E-state index in [4.69, 9.17) is 4.74 Å². The molecule has 6 heteroatoms. The van der Waals surface area contributed by atoms with Gasteiger partial charge >= 0.3 is 0 Å². The molecular weight excluding hydrogens is 477 g/mol. The first-order valence-corrected chi connectivity index (χ1v) is 13.7. The third-order valence-corrected chi connectivity index (χ3v) is 7.05. The number of pyridine rings is 1. The van der Waals surface area contributed by atoms with Crippen LogP contribution in [0, 0.1) is 13.8 Å². The van der Waals surface area contributed by atoms with Crippen LogP contribution in [0.15, 0.2) is 59.5 Å². The highest BCUT2D eigenvalue weighted by molar-refractivity contribution is 7.22. The number of nitrogens with one attached hydrogen (secondary N) is 2. The third kappa shape index (κ3) is 6.67. The molecule has 37 heavy (non-hydrogen) atoms. The number of rotatable bonds is 6. The van der Waals surface area contributed by atoms with Crippen LogP contribution in [-0.2, 0) is 4.74 Å². The zero-order valence-corrected chi connectivity index (χ0v) is 23.4. The van der Waals surface area contributed by atoms with Gasteiger partial charge < -0.3 is 14.7 Å². The lowest BCUT2D eigenvalue weighted by Gasteiger charge is -2.26. The van der Waals surface area contributed by atoms with E-state index in [2.05, 4.69) is 80.9 Å². The molecule has 194 valence electrons. The molecule has 4 aromatic rings. The molecule has 0 spiro atoms. The number of fused-ring (bicyclic) bond motifs is 1. The molecule has 0 bridgehead atoms. The highest BCUT2D eigenvalue weighted by Gasteiger charge is 2.18. The molecule has 1 fully saturated rings. The molecule has 5 rings (SSSR count). The van der Waals surface area contributed by atoms with Crippen LogP contribution in [0.5, 0.6) is 0 Å². The first kappa shape index (κ1) is 27.1. The van der Waals surface area contributed by atoms with Gasteiger partial charge in [-0.1, -0.05) is 48.7 Å². The Balaban J connectivity index is 0.000000270. The average molecular weight is 516 g/mol. The Kier molecular flexibility index (Phi) is 9.15. The summed E-state index contributed by atoms with van der Waals surface area (Å²) in [6, 6.07) is 16.5. The summed E-state index contributed by atoms with van der Waals surface area (Å²) in [5.74, 6) is 0. The standard InChI is InChI=1S/C23H21N2OP.C8H17NO/c1-13-9-14(2)11-17(10-13)21-19-12-16(15(3)27)6-7-20(19)25-22(21)18-5-4-8-24-23(18)26;1-2-3-4-9-5-7-10-8-6-9/h4-12,25,27H,1-3H3,(H,24,26);2-8H2,1H3. The van der Waals surface area contributed by atoms with Crippen LogP contribution >= 0.6 is 8.86 Å². The quantitative estimate of drug-likeness (QED) is 0.284. The number of nitrogens with zero attached hydrogens (tertiary/aromatic N) is 1. The number of unbranched alkanes of at least 4 members (excludes halogenated alkanes) is 1. The Hall–Kier alpha value is -2.98. The first-order valence-electron chi connectivity index (χ1n) is 13.2. The number of hydrogen-bond acceptors (Lipinski definition) is 3. The number of aromatic nitrogens is 2. The fourth-order valence-electron chi connectivity index (χ4n) is 4.87. The maximum atomic E-state index is 12.5. The predicted octanol–water partition coefficient (Wildman–Crippen LogP) is 6.61. The van der Waals surface area contributed by atoms with Crippen molar-refractivity contribution in [2.24, 2.45) is 0 Å². The second-order valence-electron chi connectivity index (χ2n) is 9.86. The Morgan fingerprint density at radius 1 is 1.05 bits per heavy atom. The van der Waals surface area contributed by atoms with Crippen molar-refractivity contribution >= 4 is 25.1 Å². The Bertz CT molecular complexity index is 1410. The molecule has 1 saturated heterocycles. The summed E-state index contributed by atoms with van der Waals surface area (Å²) in [6.45, 7) is 13.9. The molecule has 0 amide bonds. The van der Waals surface area contributed by atoms with Crippen LogP contribution in [0.4, 0.5) is 0 Å². The zero-order valence-electron chi connectivity index (χ0n) is 22.4. The molecule has 0 unspecified atom stereocenters. The Labute approximate surface area is 222 Å². The van der Waals surface area contributed by atoms with Crippen LogP contribution in [0.25, 0.3) is 33.3 Å². The van der Waals surface area contributed by atoms with Crippen molar-refractivity contribution < 1.29 is 4.74 Å². The SMILES string of the molecule is CC(=P)c1ccc2[nH]c(-c3ccc[nH]c3=O)c(-c3cc(C)cc(C)c3)c2c1.CCCCN1CCOCC1. The van der Waals surface area contributed by atoms with E-state index in [-0.39, 0.29) is 5.56 Å². The van der Waals surface area contributed by atoms with Gasteiger partial charge in [0.15, 0.2) is 0 Å². The van der Waals surface area contributed by atoms with Crippen LogP contribution in [0.3, 0.4) is 0 Å². The Morgan fingerprint density at radius 3 is 2.43 bits per heavy atom. The number of benzene rings is 2. The van der Waals surface area contributed by atoms with Crippen molar-refractivity contribution in [3.8, 4) is 22.4 Å². The van der Waals surface area contributed by atoms with E-state index < -0.39 is 0 Å². The third-order valence-electron chi connectivity index (χ3n) is 6.76. The summed E-state index contributed by atoms with van der Waals surface area (Å²) in [5.41, 5.74) is 8.10. The summed E-state index contributed by atoms with van der Waals surface area (Å²) in [5, 5.41) is 2.18. The van der Waals surface area contributed by atoms with Gasteiger partial charge in [-0.25, -0.2) is 0 Å². The van der Waals surface area contributed by atoms with E-state index in [1.807, 2.05) is 19.1 Å². The zero-order chi connectivity index (χ0) is 26.4. The van der Waals surface area contributed by atoms with E-state index in [0.29, 0.717) is 5.56 Å². The largest absolute Gasteiger partial charge is 0.379 e. The number of ether oxygens (including phenoxy) is 1. The fraction of sp³-hybridized carbons (Fsp3) is 0.355. The van der Waals surface area contributed by atoms with E-state index in [1.54, 1.807) is 6.20 Å². The molecule has 0 aliphatic carbocycles. The van der Waals surface area contributed by atoms with Crippen molar-refractivity contribution in [3.63, 3.8) is 0 Å². The summed E-state index contributed by atoms with van der Waals surface area (Å²) in [4.78, 5) is 21.2. The molecule has 1 aliphatic rings. The first-order chi connectivity index (χ1) is 17.9. The lowest BCUT2D eigenvalue weighted by molar-refractivity contribution is 0.0373. The minimum absolute atomic E-state index is 0.0993. The van der Waals surface area contributed by atoms with Gasteiger partial charge in [-0.15, -0.1) is 8.86 Å². The highest BCUT2D eigenvalue weighted by Crippen LogP contribution is 2.38. The second-order valence-corrected chi connectivity index (χ2v) is 10.6. The lowest BCUT2D eigenvalue weighted by Crippen LogP contribution is -2.36. The Morgan fingerprint density at radius 2 is 1.78 bits per heavy atom. The van der Waals surface area contributed by atoms with E-state index >= 15 is 0 Å². The van der Waals surface area contributed by atoms with Crippen LogP contribution in [0.2, 0.25) is 0 Å². The van der Waals surface area contributed by atoms with Crippen molar-refractivity contribution in [1.82, 2.24) is 14.9 Å². The molecule has 3 heterocycles. The lowest BCUT2D eigenvalue weighted by atomic mass is 9.95. The summed E-state index contributed by atoms with van der Waals surface area (Å²) in [6.07, 6.45) is 4.30. The highest BCUT2D eigenvalue weighted by atomic mass is 31.0. The number of aromatic amines is 2. The maximum absolute atomic E-state index is 12.5. The van der Waals surface area contributed by atoms with Gasteiger partial charge in [-0.3, -0.25) is 9.69 Å². The fourth-order valence-corrected chi connectivity index (χ4v) is 5.03.